The maximum absolute atomic E-state index is 11.6. The zero-order chi connectivity index (χ0) is 9.68. The maximum atomic E-state index is 11.6. The van der Waals surface area contributed by atoms with E-state index in [1.165, 1.54) is 12.2 Å². The van der Waals surface area contributed by atoms with Gasteiger partial charge in [0.05, 0.1) is 6.61 Å². The van der Waals surface area contributed by atoms with Crippen LogP contribution in [0.2, 0.25) is 0 Å². The molecule has 1 unspecified atom stereocenters. The van der Waals surface area contributed by atoms with Gasteiger partial charge in [-0.15, -0.1) is 0 Å². The van der Waals surface area contributed by atoms with Crippen molar-refractivity contribution < 1.29 is 14.4 Å². The predicted octanol–water partition coefficient (Wildman–Crippen LogP) is 0.965. The molecule has 0 bridgehead atoms. The Balaban J connectivity index is 2.43. The van der Waals surface area contributed by atoms with Gasteiger partial charge in [0, 0.05) is 13.7 Å². The Morgan fingerprint density at radius 1 is 1.46 bits per heavy atom. The summed E-state index contributed by atoms with van der Waals surface area (Å²) in [5.41, 5.74) is 0. The normalized spacial score (nSPS) is 20.9. The molecule has 1 rings (SSSR count). The van der Waals surface area contributed by atoms with E-state index in [1.54, 1.807) is 6.92 Å². The largest absolute Gasteiger partial charge is 0.372 e. The third kappa shape index (κ3) is 2.97. The molecule has 13 heavy (non-hydrogen) atoms. The highest BCUT2D eigenvalue weighted by Gasteiger charge is 2.21. The first-order valence-corrected chi connectivity index (χ1v) is 4.73. The van der Waals surface area contributed by atoms with Crippen molar-refractivity contribution in [3.63, 3.8) is 0 Å². The second-order valence-corrected chi connectivity index (χ2v) is 3.21. The van der Waals surface area contributed by atoms with Crippen molar-refractivity contribution in [3.05, 3.63) is 0 Å². The molecule has 0 radical (unpaired) electrons. The number of hydroxylamine groups is 2. The molecule has 1 saturated heterocycles. The SMILES string of the molecule is COC(C)C(=O)N1CCCCCO1. The quantitative estimate of drug-likeness (QED) is 0.646. The van der Waals surface area contributed by atoms with Gasteiger partial charge in [-0.3, -0.25) is 9.63 Å². The number of carbonyl (C=O) groups excluding carboxylic acids is 1. The average Bonchev–Trinajstić information content (AvgIpc) is 2.43. The topological polar surface area (TPSA) is 38.8 Å². The van der Waals surface area contributed by atoms with Gasteiger partial charge >= 0.3 is 0 Å². The molecule has 0 aliphatic carbocycles. The zero-order valence-corrected chi connectivity index (χ0v) is 8.28. The van der Waals surface area contributed by atoms with E-state index >= 15 is 0 Å². The van der Waals surface area contributed by atoms with Crippen LogP contribution in [0.4, 0.5) is 0 Å². The minimum absolute atomic E-state index is 0.0793. The highest BCUT2D eigenvalue weighted by molar-refractivity contribution is 5.79. The van der Waals surface area contributed by atoms with Crippen LogP contribution < -0.4 is 0 Å². The van der Waals surface area contributed by atoms with E-state index in [4.69, 9.17) is 9.57 Å². The smallest absolute Gasteiger partial charge is 0.274 e. The minimum Gasteiger partial charge on any atom is -0.372 e. The summed E-state index contributed by atoms with van der Waals surface area (Å²) in [7, 11) is 1.53. The highest BCUT2D eigenvalue weighted by Crippen LogP contribution is 2.09. The van der Waals surface area contributed by atoms with Crippen molar-refractivity contribution in [2.24, 2.45) is 0 Å². The van der Waals surface area contributed by atoms with Gasteiger partial charge in [0.1, 0.15) is 6.10 Å². The van der Waals surface area contributed by atoms with Gasteiger partial charge in [0.2, 0.25) is 0 Å². The fourth-order valence-electron chi connectivity index (χ4n) is 1.25. The monoisotopic (exact) mass is 187 g/mol. The Hall–Kier alpha value is -0.610. The molecule has 0 N–H and O–H groups in total. The molecule has 1 amide bonds. The van der Waals surface area contributed by atoms with Gasteiger partial charge in [-0.25, -0.2) is 5.06 Å². The Kier molecular flexibility index (Phi) is 4.18. The van der Waals surface area contributed by atoms with Crippen molar-refractivity contribution in [2.45, 2.75) is 32.3 Å². The number of methoxy groups -OCH3 is 1. The average molecular weight is 187 g/mol. The van der Waals surface area contributed by atoms with Crippen molar-refractivity contribution in [3.8, 4) is 0 Å². The number of carbonyl (C=O) groups is 1. The van der Waals surface area contributed by atoms with Crippen LogP contribution in [0.5, 0.6) is 0 Å². The van der Waals surface area contributed by atoms with Crippen LogP contribution in [0, 0.1) is 0 Å². The van der Waals surface area contributed by atoms with Gasteiger partial charge in [0.15, 0.2) is 0 Å². The van der Waals surface area contributed by atoms with Crippen molar-refractivity contribution >= 4 is 5.91 Å². The summed E-state index contributed by atoms with van der Waals surface area (Å²) in [5.74, 6) is -0.0793. The second kappa shape index (κ2) is 5.19. The molecule has 1 heterocycles. The summed E-state index contributed by atoms with van der Waals surface area (Å²) < 4.78 is 4.93. The van der Waals surface area contributed by atoms with E-state index in [0.717, 1.165) is 19.3 Å². The lowest BCUT2D eigenvalue weighted by atomic mass is 10.2. The number of amides is 1. The molecule has 1 fully saturated rings. The maximum Gasteiger partial charge on any atom is 0.274 e. The summed E-state index contributed by atoms with van der Waals surface area (Å²) in [4.78, 5) is 16.8. The van der Waals surface area contributed by atoms with Crippen LogP contribution in [0.3, 0.4) is 0 Å². The standard InChI is InChI=1S/C9H17NO3/c1-8(12-2)9(11)10-6-4-3-5-7-13-10/h8H,3-7H2,1-2H3. The molecule has 76 valence electrons. The molecular formula is C9H17NO3. The summed E-state index contributed by atoms with van der Waals surface area (Å²) in [6.07, 6.45) is 2.77. The molecule has 0 aromatic rings. The number of hydrogen-bond acceptors (Lipinski definition) is 3. The van der Waals surface area contributed by atoms with Crippen LogP contribution >= 0.6 is 0 Å². The van der Waals surface area contributed by atoms with Gasteiger partial charge < -0.3 is 4.74 Å². The number of hydrogen-bond donors (Lipinski definition) is 0. The van der Waals surface area contributed by atoms with Crippen LogP contribution in [-0.2, 0) is 14.4 Å². The Labute approximate surface area is 78.8 Å². The van der Waals surface area contributed by atoms with Gasteiger partial charge in [-0.05, 0) is 26.2 Å². The van der Waals surface area contributed by atoms with E-state index in [9.17, 15) is 4.79 Å². The lowest BCUT2D eigenvalue weighted by Crippen LogP contribution is -2.38. The molecule has 0 saturated carbocycles. The number of nitrogens with zero attached hydrogens (tertiary/aromatic N) is 1. The molecular weight excluding hydrogens is 170 g/mol. The molecule has 1 aliphatic heterocycles. The molecule has 0 aromatic heterocycles. The minimum atomic E-state index is -0.405. The van der Waals surface area contributed by atoms with Crippen molar-refractivity contribution in [2.75, 3.05) is 20.3 Å². The van der Waals surface area contributed by atoms with E-state index in [-0.39, 0.29) is 5.91 Å². The molecule has 1 aliphatic rings. The summed E-state index contributed by atoms with van der Waals surface area (Å²) in [6, 6.07) is 0. The molecule has 1 atom stereocenters. The van der Waals surface area contributed by atoms with Gasteiger partial charge in [0.25, 0.3) is 5.91 Å². The number of rotatable bonds is 2. The summed E-state index contributed by atoms with van der Waals surface area (Å²) >= 11 is 0. The first-order chi connectivity index (χ1) is 6.25. The molecule has 4 heteroatoms. The lowest BCUT2D eigenvalue weighted by Gasteiger charge is -2.21. The number of ether oxygens (including phenoxy) is 1. The Morgan fingerprint density at radius 2 is 2.23 bits per heavy atom. The third-order valence-electron chi connectivity index (χ3n) is 2.20. The van der Waals surface area contributed by atoms with Gasteiger partial charge in [-0.1, -0.05) is 0 Å². The predicted molar refractivity (Wildman–Crippen MR) is 48.0 cm³/mol. The first kappa shape index (κ1) is 10.5. The zero-order valence-electron chi connectivity index (χ0n) is 8.28. The summed E-state index contributed by atoms with van der Waals surface area (Å²) in [6.45, 7) is 3.06. The second-order valence-electron chi connectivity index (χ2n) is 3.21. The Bertz CT molecular complexity index is 164. The van der Waals surface area contributed by atoms with E-state index in [1.807, 2.05) is 0 Å². The van der Waals surface area contributed by atoms with Crippen LogP contribution in [0.1, 0.15) is 26.2 Å². The van der Waals surface area contributed by atoms with Crippen LogP contribution in [-0.4, -0.2) is 37.3 Å². The van der Waals surface area contributed by atoms with Gasteiger partial charge in [-0.2, -0.15) is 0 Å². The Morgan fingerprint density at radius 3 is 2.92 bits per heavy atom. The molecule has 0 spiro atoms. The van der Waals surface area contributed by atoms with E-state index < -0.39 is 6.10 Å². The van der Waals surface area contributed by atoms with Crippen LogP contribution in [0.25, 0.3) is 0 Å². The fraction of sp³-hybridized carbons (Fsp3) is 0.889. The third-order valence-corrected chi connectivity index (χ3v) is 2.20. The van der Waals surface area contributed by atoms with E-state index in [2.05, 4.69) is 0 Å². The lowest BCUT2D eigenvalue weighted by molar-refractivity contribution is -0.192. The molecule has 0 aromatic carbocycles. The van der Waals surface area contributed by atoms with Crippen molar-refractivity contribution in [1.82, 2.24) is 5.06 Å². The van der Waals surface area contributed by atoms with E-state index in [0.29, 0.717) is 13.2 Å². The summed E-state index contributed by atoms with van der Waals surface area (Å²) in [5, 5.41) is 1.43. The van der Waals surface area contributed by atoms with Crippen molar-refractivity contribution in [1.29, 1.82) is 0 Å². The van der Waals surface area contributed by atoms with Crippen LogP contribution in [0.15, 0.2) is 0 Å². The first-order valence-electron chi connectivity index (χ1n) is 4.73. The highest BCUT2D eigenvalue weighted by atomic mass is 16.7. The fourth-order valence-corrected chi connectivity index (χ4v) is 1.25. The molecule has 4 nitrogen and oxygen atoms in total.